The van der Waals surface area contributed by atoms with Gasteiger partial charge in [0.05, 0.1) is 4.90 Å². The molecule has 1 aromatic carbocycles. The van der Waals surface area contributed by atoms with Gasteiger partial charge in [0, 0.05) is 30.9 Å². The Labute approximate surface area is 131 Å². The minimum atomic E-state index is -3.44. The molecule has 1 atom stereocenters. The van der Waals surface area contributed by atoms with Gasteiger partial charge in [-0.3, -0.25) is 0 Å². The molecular weight excluding hydrogens is 298 g/mol. The molecule has 3 rings (SSSR count). The van der Waals surface area contributed by atoms with Crippen LogP contribution >= 0.6 is 0 Å². The van der Waals surface area contributed by atoms with Gasteiger partial charge in [0.15, 0.2) is 0 Å². The van der Waals surface area contributed by atoms with Crippen molar-refractivity contribution in [2.24, 2.45) is 0 Å². The third kappa shape index (κ3) is 2.76. The largest absolute Gasteiger partial charge is 0.243 e. The molecule has 0 aliphatic carbocycles. The lowest BCUT2D eigenvalue weighted by atomic mass is 10.1. The van der Waals surface area contributed by atoms with E-state index in [4.69, 9.17) is 0 Å². The molecule has 116 valence electrons. The Kier molecular flexibility index (Phi) is 3.97. The Bertz CT molecular complexity index is 789. The fourth-order valence-corrected chi connectivity index (χ4v) is 4.53. The maximum atomic E-state index is 12.8. The minimum Gasteiger partial charge on any atom is -0.241 e. The van der Waals surface area contributed by atoms with Crippen LogP contribution in [0.1, 0.15) is 29.4 Å². The van der Waals surface area contributed by atoms with Crippen molar-refractivity contribution < 1.29 is 8.42 Å². The smallest absolute Gasteiger partial charge is 0.241 e. The lowest BCUT2D eigenvalue weighted by molar-refractivity contribution is 0.470. The molecular formula is C16H19N3O2S. The minimum absolute atomic E-state index is 0.0682. The van der Waals surface area contributed by atoms with Gasteiger partial charge in [-0.1, -0.05) is 18.2 Å². The number of rotatable bonds is 3. The summed E-state index contributed by atoms with van der Waals surface area (Å²) in [5.74, 6) is 0.807. The Morgan fingerprint density at radius 3 is 2.68 bits per heavy atom. The lowest BCUT2D eigenvalue weighted by Crippen LogP contribution is -2.29. The molecule has 1 aliphatic rings. The molecule has 5 nitrogen and oxygen atoms in total. The second-order valence-electron chi connectivity index (χ2n) is 5.67. The molecule has 0 bridgehead atoms. The summed E-state index contributed by atoms with van der Waals surface area (Å²) in [7, 11) is -3.44. The van der Waals surface area contributed by atoms with Crippen LogP contribution in [0.5, 0.6) is 0 Å². The van der Waals surface area contributed by atoms with Gasteiger partial charge in [0.2, 0.25) is 10.0 Å². The lowest BCUT2D eigenvalue weighted by Gasteiger charge is -2.17. The van der Waals surface area contributed by atoms with E-state index >= 15 is 0 Å². The average molecular weight is 317 g/mol. The molecule has 1 aliphatic heterocycles. The van der Waals surface area contributed by atoms with Gasteiger partial charge >= 0.3 is 0 Å². The normalized spacial score (nSPS) is 19.5. The Balaban J connectivity index is 1.85. The third-order valence-corrected chi connectivity index (χ3v) is 6.07. The SMILES string of the molecule is Cc1ccnc(C2CCN(S(=O)(=O)c3ccccc3C)C2)n1. The van der Waals surface area contributed by atoms with Crippen LogP contribution in [0.15, 0.2) is 41.4 Å². The number of hydrogen-bond acceptors (Lipinski definition) is 4. The van der Waals surface area contributed by atoms with Crippen LogP contribution in [-0.4, -0.2) is 35.8 Å². The summed E-state index contributed by atoms with van der Waals surface area (Å²) >= 11 is 0. The highest BCUT2D eigenvalue weighted by Crippen LogP contribution is 2.30. The number of aryl methyl sites for hydroxylation is 2. The first-order chi connectivity index (χ1) is 10.5. The van der Waals surface area contributed by atoms with Crippen LogP contribution in [0.25, 0.3) is 0 Å². The van der Waals surface area contributed by atoms with Crippen LogP contribution in [0.2, 0.25) is 0 Å². The molecule has 6 heteroatoms. The maximum Gasteiger partial charge on any atom is 0.243 e. The zero-order valence-electron chi connectivity index (χ0n) is 12.7. The molecule has 1 fully saturated rings. The monoisotopic (exact) mass is 317 g/mol. The number of nitrogens with zero attached hydrogens (tertiary/aromatic N) is 3. The average Bonchev–Trinajstić information content (AvgIpc) is 2.98. The van der Waals surface area contributed by atoms with Crippen molar-refractivity contribution in [1.82, 2.24) is 14.3 Å². The van der Waals surface area contributed by atoms with Gasteiger partial charge in [0.25, 0.3) is 0 Å². The Morgan fingerprint density at radius 2 is 1.95 bits per heavy atom. The molecule has 2 heterocycles. The van der Waals surface area contributed by atoms with E-state index in [1.165, 1.54) is 0 Å². The zero-order valence-corrected chi connectivity index (χ0v) is 13.5. The number of sulfonamides is 1. The number of hydrogen-bond donors (Lipinski definition) is 0. The van der Waals surface area contributed by atoms with Crippen molar-refractivity contribution in [3.63, 3.8) is 0 Å². The first-order valence-electron chi connectivity index (χ1n) is 7.34. The van der Waals surface area contributed by atoms with E-state index < -0.39 is 10.0 Å². The van der Waals surface area contributed by atoms with E-state index in [1.54, 1.807) is 22.6 Å². The predicted octanol–water partition coefficient (Wildman–Crippen LogP) is 2.27. The van der Waals surface area contributed by atoms with Crippen molar-refractivity contribution in [3.8, 4) is 0 Å². The van der Waals surface area contributed by atoms with Crippen LogP contribution in [-0.2, 0) is 10.0 Å². The van der Waals surface area contributed by atoms with E-state index in [2.05, 4.69) is 9.97 Å². The highest BCUT2D eigenvalue weighted by atomic mass is 32.2. The van der Waals surface area contributed by atoms with Gasteiger partial charge in [-0.25, -0.2) is 18.4 Å². The van der Waals surface area contributed by atoms with Crippen molar-refractivity contribution in [3.05, 3.63) is 53.6 Å². The summed E-state index contributed by atoms with van der Waals surface area (Å²) in [4.78, 5) is 9.11. The molecule has 0 radical (unpaired) electrons. The van der Waals surface area contributed by atoms with Gasteiger partial charge in [-0.2, -0.15) is 4.31 Å². The fourth-order valence-electron chi connectivity index (χ4n) is 2.81. The summed E-state index contributed by atoms with van der Waals surface area (Å²) in [6.07, 6.45) is 2.49. The van der Waals surface area contributed by atoms with Crippen LogP contribution in [0.4, 0.5) is 0 Å². The topological polar surface area (TPSA) is 63.2 Å². The van der Waals surface area contributed by atoms with Gasteiger partial charge in [-0.05, 0) is 38.0 Å². The van der Waals surface area contributed by atoms with Crippen molar-refractivity contribution >= 4 is 10.0 Å². The standard InChI is InChI=1S/C16H19N3O2S/c1-12-5-3-4-6-15(12)22(20,21)19-10-8-14(11-19)16-17-9-7-13(2)18-16/h3-7,9,14H,8,10-11H2,1-2H3. The van der Waals surface area contributed by atoms with E-state index in [0.717, 1.165) is 23.5 Å². The second kappa shape index (κ2) is 5.78. The zero-order chi connectivity index (χ0) is 15.7. The molecule has 1 saturated heterocycles. The van der Waals surface area contributed by atoms with Crippen LogP contribution < -0.4 is 0 Å². The van der Waals surface area contributed by atoms with Crippen molar-refractivity contribution in [1.29, 1.82) is 0 Å². The van der Waals surface area contributed by atoms with E-state index in [1.807, 2.05) is 32.0 Å². The molecule has 2 aromatic rings. The maximum absolute atomic E-state index is 12.8. The molecule has 22 heavy (non-hydrogen) atoms. The Hall–Kier alpha value is -1.79. The predicted molar refractivity (Wildman–Crippen MR) is 84.1 cm³/mol. The molecule has 0 spiro atoms. The molecule has 1 aromatic heterocycles. The summed E-state index contributed by atoms with van der Waals surface area (Å²) in [6, 6.07) is 8.95. The second-order valence-corrected chi connectivity index (χ2v) is 7.58. The molecule has 0 N–H and O–H groups in total. The molecule has 0 saturated carbocycles. The van der Waals surface area contributed by atoms with Crippen molar-refractivity contribution in [2.75, 3.05) is 13.1 Å². The third-order valence-electron chi connectivity index (χ3n) is 4.04. The summed E-state index contributed by atoms with van der Waals surface area (Å²) < 4.78 is 27.1. The van der Waals surface area contributed by atoms with Crippen LogP contribution in [0, 0.1) is 13.8 Å². The summed E-state index contributed by atoms with van der Waals surface area (Å²) in [5.41, 5.74) is 1.68. The summed E-state index contributed by atoms with van der Waals surface area (Å²) in [6.45, 7) is 4.70. The quantitative estimate of drug-likeness (QED) is 0.871. The number of aromatic nitrogens is 2. The van der Waals surface area contributed by atoms with E-state index in [-0.39, 0.29) is 5.92 Å². The van der Waals surface area contributed by atoms with Gasteiger partial charge < -0.3 is 0 Å². The summed E-state index contributed by atoms with van der Waals surface area (Å²) in [5, 5.41) is 0. The van der Waals surface area contributed by atoms with Crippen LogP contribution in [0.3, 0.4) is 0 Å². The van der Waals surface area contributed by atoms with Gasteiger partial charge in [0.1, 0.15) is 5.82 Å². The highest BCUT2D eigenvalue weighted by molar-refractivity contribution is 7.89. The molecule has 0 amide bonds. The fraction of sp³-hybridized carbons (Fsp3) is 0.375. The first-order valence-corrected chi connectivity index (χ1v) is 8.78. The van der Waals surface area contributed by atoms with Gasteiger partial charge in [-0.15, -0.1) is 0 Å². The van der Waals surface area contributed by atoms with E-state index in [9.17, 15) is 8.42 Å². The van der Waals surface area contributed by atoms with E-state index in [0.29, 0.717) is 18.0 Å². The molecule has 1 unspecified atom stereocenters. The van der Waals surface area contributed by atoms with Crippen molar-refractivity contribution in [2.45, 2.75) is 31.1 Å². The Morgan fingerprint density at radius 1 is 1.18 bits per heavy atom. The first kappa shape index (κ1) is 15.1. The highest BCUT2D eigenvalue weighted by Gasteiger charge is 2.34. The number of benzene rings is 1.